The van der Waals surface area contributed by atoms with Gasteiger partial charge in [0, 0.05) is 5.92 Å². The minimum absolute atomic E-state index is 0.0498. The number of hydrogen-bond donors (Lipinski definition) is 1. The molecule has 80 valence electrons. The van der Waals surface area contributed by atoms with Crippen molar-refractivity contribution in [3.05, 3.63) is 27.7 Å². The van der Waals surface area contributed by atoms with Gasteiger partial charge in [-0.05, 0) is 25.8 Å². The molecule has 15 heavy (non-hydrogen) atoms. The molecule has 1 fully saturated rings. The Morgan fingerprint density at radius 2 is 2.40 bits per heavy atom. The molecule has 1 aliphatic rings. The zero-order valence-electron chi connectivity index (χ0n) is 8.45. The second kappa shape index (κ2) is 3.84. The van der Waals surface area contributed by atoms with Crippen LogP contribution < -0.4 is 5.56 Å². The van der Waals surface area contributed by atoms with Crippen LogP contribution in [0.5, 0.6) is 0 Å². The van der Waals surface area contributed by atoms with Crippen molar-refractivity contribution in [3.8, 4) is 0 Å². The van der Waals surface area contributed by atoms with Crippen molar-refractivity contribution < 1.29 is 9.53 Å². The van der Waals surface area contributed by atoms with Crippen LogP contribution in [0.3, 0.4) is 0 Å². The topological polar surface area (TPSA) is 72.0 Å². The van der Waals surface area contributed by atoms with E-state index in [9.17, 15) is 9.59 Å². The number of rotatable bonds is 3. The molecule has 0 unspecified atom stereocenters. The number of aromatic amines is 1. The van der Waals surface area contributed by atoms with E-state index >= 15 is 0 Å². The maximum absolute atomic E-state index is 11.4. The summed E-state index contributed by atoms with van der Waals surface area (Å²) < 4.78 is 4.78. The first kappa shape index (κ1) is 9.89. The molecule has 0 saturated heterocycles. The van der Waals surface area contributed by atoms with Gasteiger partial charge in [0.25, 0.3) is 5.56 Å². The van der Waals surface area contributed by atoms with Crippen molar-refractivity contribution in [1.29, 1.82) is 0 Å². The van der Waals surface area contributed by atoms with E-state index in [0.717, 1.165) is 18.5 Å². The highest BCUT2D eigenvalue weighted by molar-refractivity contribution is 5.88. The minimum Gasteiger partial charge on any atom is -0.462 e. The van der Waals surface area contributed by atoms with Crippen molar-refractivity contribution in [2.75, 3.05) is 6.61 Å². The van der Waals surface area contributed by atoms with E-state index in [-0.39, 0.29) is 12.2 Å². The average molecular weight is 208 g/mol. The quantitative estimate of drug-likeness (QED) is 0.746. The Morgan fingerprint density at radius 3 is 3.00 bits per heavy atom. The number of H-pyrrole nitrogens is 1. The average Bonchev–Trinajstić information content (AvgIpc) is 3.02. The Morgan fingerprint density at radius 1 is 1.67 bits per heavy atom. The molecule has 5 nitrogen and oxygen atoms in total. The Bertz CT molecular complexity index is 435. The molecule has 2 rings (SSSR count). The fourth-order valence-electron chi connectivity index (χ4n) is 1.37. The number of nitrogens with one attached hydrogen (secondary N) is 1. The number of aromatic nitrogens is 2. The third kappa shape index (κ3) is 2.06. The smallest absolute Gasteiger partial charge is 0.343 e. The molecule has 5 heteroatoms. The molecule has 1 aromatic rings. The number of esters is 1. The van der Waals surface area contributed by atoms with Crippen LogP contribution >= 0.6 is 0 Å². The number of nitrogens with zero attached hydrogens (tertiary/aromatic N) is 1. The van der Waals surface area contributed by atoms with E-state index in [1.807, 2.05) is 0 Å². The van der Waals surface area contributed by atoms with Crippen LogP contribution in [0.4, 0.5) is 0 Å². The van der Waals surface area contributed by atoms with Gasteiger partial charge >= 0.3 is 5.97 Å². The highest BCUT2D eigenvalue weighted by Crippen LogP contribution is 2.38. The second-order valence-corrected chi connectivity index (χ2v) is 3.53. The lowest BCUT2D eigenvalue weighted by molar-refractivity contribution is 0.0524. The van der Waals surface area contributed by atoms with Crippen LogP contribution in [-0.2, 0) is 4.74 Å². The van der Waals surface area contributed by atoms with Crippen LogP contribution in [0.15, 0.2) is 10.9 Å². The van der Waals surface area contributed by atoms with Crippen molar-refractivity contribution in [2.45, 2.75) is 25.7 Å². The zero-order valence-corrected chi connectivity index (χ0v) is 8.45. The first-order valence-corrected chi connectivity index (χ1v) is 4.99. The largest absolute Gasteiger partial charge is 0.462 e. The molecule has 0 spiro atoms. The van der Waals surface area contributed by atoms with Crippen molar-refractivity contribution in [2.24, 2.45) is 0 Å². The number of ether oxygens (including phenoxy) is 1. The van der Waals surface area contributed by atoms with E-state index in [2.05, 4.69) is 10.2 Å². The Balaban J connectivity index is 2.31. The summed E-state index contributed by atoms with van der Waals surface area (Å²) >= 11 is 0. The standard InChI is InChI=1S/C10H12N2O3/c1-2-15-10(14)7-5-8(6-3-4-6)11-12-9(7)13/h5-6H,2-4H2,1H3,(H,12,13). The van der Waals surface area contributed by atoms with Crippen molar-refractivity contribution >= 4 is 5.97 Å². The summed E-state index contributed by atoms with van der Waals surface area (Å²) in [6.45, 7) is 1.97. The lowest BCUT2D eigenvalue weighted by Gasteiger charge is -2.02. The molecule has 0 amide bonds. The lowest BCUT2D eigenvalue weighted by Crippen LogP contribution is -2.21. The lowest BCUT2D eigenvalue weighted by atomic mass is 10.2. The Hall–Kier alpha value is -1.65. The maximum Gasteiger partial charge on any atom is 0.343 e. The summed E-state index contributed by atoms with van der Waals surface area (Å²) in [4.78, 5) is 22.7. The van der Waals surface area contributed by atoms with E-state index in [1.165, 1.54) is 6.07 Å². The van der Waals surface area contributed by atoms with Gasteiger partial charge in [-0.1, -0.05) is 0 Å². The van der Waals surface area contributed by atoms with Crippen molar-refractivity contribution in [3.63, 3.8) is 0 Å². The maximum atomic E-state index is 11.4. The van der Waals surface area contributed by atoms with Gasteiger partial charge in [0.1, 0.15) is 5.56 Å². The van der Waals surface area contributed by atoms with Gasteiger partial charge in [0.2, 0.25) is 0 Å². The van der Waals surface area contributed by atoms with Gasteiger partial charge < -0.3 is 4.74 Å². The van der Waals surface area contributed by atoms with E-state index in [4.69, 9.17) is 4.74 Å². The first-order valence-electron chi connectivity index (χ1n) is 4.99. The summed E-state index contributed by atoms with van der Waals surface area (Å²) in [6, 6.07) is 1.54. The molecule has 0 aromatic carbocycles. The summed E-state index contributed by atoms with van der Waals surface area (Å²) in [6.07, 6.45) is 2.14. The van der Waals surface area contributed by atoms with Crippen LogP contribution in [0.2, 0.25) is 0 Å². The monoisotopic (exact) mass is 208 g/mol. The van der Waals surface area contributed by atoms with Crippen LogP contribution in [-0.4, -0.2) is 22.8 Å². The van der Waals surface area contributed by atoms with E-state index in [1.54, 1.807) is 6.92 Å². The molecule has 0 atom stereocenters. The molecule has 0 radical (unpaired) electrons. The number of carbonyl (C=O) groups excluding carboxylic acids is 1. The third-order valence-corrected chi connectivity index (χ3v) is 2.31. The van der Waals surface area contributed by atoms with Gasteiger partial charge in [-0.15, -0.1) is 0 Å². The van der Waals surface area contributed by atoms with Crippen LogP contribution in [0.1, 0.15) is 41.7 Å². The molecular formula is C10H12N2O3. The summed E-state index contributed by atoms with van der Waals surface area (Å²) in [5.41, 5.74) is 0.337. The second-order valence-electron chi connectivity index (χ2n) is 3.53. The first-order chi connectivity index (χ1) is 7.22. The molecular weight excluding hydrogens is 196 g/mol. The van der Waals surface area contributed by atoms with Crippen molar-refractivity contribution in [1.82, 2.24) is 10.2 Å². The SMILES string of the molecule is CCOC(=O)c1cc(C2CC2)n[nH]c1=O. The summed E-state index contributed by atoms with van der Waals surface area (Å²) in [5.74, 6) is -0.182. The third-order valence-electron chi connectivity index (χ3n) is 2.31. The molecule has 0 aliphatic heterocycles. The molecule has 1 aliphatic carbocycles. The highest BCUT2D eigenvalue weighted by atomic mass is 16.5. The molecule has 1 aromatic heterocycles. The number of hydrogen-bond acceptors (Lipinski definition) is 4. The van der Waals surface area contributed by atoms with Crippen LogP contribution in [0.25, 0.3) is 0 Å². The molecule has 1 N–H and O–H groups in total. The molecule has 1 saturated carbocycles. The van der Waals surface area contributed by atoms with E-state index in [0.29, 0.717) is 5.92 Å². The van der Waals surface area contributed by atoms with Gasteiger partial charge in [-0.3, -0.25) is 4.79 Å². The summed E-state index contributed by atoms with van der Waals surface area (Å²) in [7, 11) is 0. The molecule has 1 heterocycles. The number of carbonyl (C=O) groups is 1. The minimum atomic E-state index is -0.581. The highest BCUT2D eigenvalue weighted by Gasteiger charge is 2.27. The predicted octanol–water partition coefficient (Wildman–Crippen LogP) is 0.824. The Kier molecular flexibility index (Phi) is 2.53. The fourth-order valence-corrected chi connectivity index (χ4v) is 1.37. The predicted molar refractivity (Wildman–Crippen MR) is 52.8 cm³/mol. The van der Waals surface area contributed by atoms with E-state index < -0.39 is 11.5 Å². The van der Waals surface area contributed by atoms with Gasteiger partial charge in [0.05, 0.1) is 12.3 Å². The molecule has 0 bridgehead atoms. The summed E-state index contributed by atoms with van der Waals surface area (Å²) in [5, 5.41) is 6.22. The van der Waals surface area contributed by atoms with Crippen LogP contribution in [0, 0.1) is 0 Å². The fraction of sp³-hybridized carbons (Fsp3) is 0.500. The Labute approximate surface area is 86.5 Å². The normalized spacial score (nSPS) is 15.0. The van der Waals surface area contributed by atoms with Gasteiger partial charge in [-0.25, -0.2) is 9.89 Å². The van der Waals surface area contributed by atoms with Gasteiger partial charge in [-0.2, -0.15) is 5.10 Å². The van der Waals surface area contributed by atoms with Gasteiger partial charge in [0.15, 0.2) is 0 Å². The zero-order chi connectivity index (χ0) is 10.8.